The molecule has 0 saturated carbocycles. The number of aliphatic imine (C=N–C) groups is 1. The lowest BCUT2D eigenvalue weighted by atomic mass is 10.2. The zero-order chi connectivity index (χ0) is 20.2. The van der Waals surface area contributed by atoms with Crippen LogP contribution in [0.15, 0.2) is 29.3 Å². The highest BCUT2D eigenvalue weighted by Crippen LogP contribution is 2.12. The van der Waals surface area contributed by atoms with Crippen molar-refractivity contribution in [2.45, 2.75) is 20.0 Å². The van der Waals surface area contributed by atoms with Gasteiger partial charge in [0, 0.05) is 46.4 Å². The molecule has 1 aliphatic rings. The molecule has 1 amide bonds. The lowest BCUT2D eigenvalue weighted by Gasteiger charge is -2.35. The number of rotatable bonds is 8. The van der Waals surface area contributed by atoms with Crippen LogP contribution >= 0.6 is 0 Å². The molecule has 0 aromatic heterocycles. The molecule has 0 spiro atoms. The fourth-order valence-corrected chi connectivity index (χ4v) is 2.93. The summed E-state index contributed by atoms with van der Waals surface area (Å²) >= 11 is 0. The van der Waals surface area contributed by atoms with E-state index in [4.69, 9.17) is 14.2 Å². The van der Waals surface area contributed by atoms with Gasteiger partial charge in [-0.25, -0.2) is 4.79 Å². The molecule has 1 saturated heterocycles. The van der Waals surface area contributed by atoms with Gasteiger partial charge in [-0.05, 0) is 31.0 Å². The van der Waals surface area contributed by atoms with E-state index in [1.165, 1.54) is 0 Å². The van der Waals surface area contributed by atoms with Gasteiger partial charge in [-0.15, -0.1) is 0 Å². The third-order valence-electron chi connectivity index (χ3n) is 4.49. The Hall–Kier alpha value is -2.48. The largest absolute Gasteiger partial charge is 0.497 e. The number of carbonyl (C=O) groups excluding carboxylic acids is 1. The van der Waals surface area contributed by atoms with Crippen LogP contribution in [-0.4, -0.2) is 81.9 Å². The first kappa shape index (κ1) is 21.8. The average Bonchev–Trinajstić information content (AvgIpc) is 2.74. The predicted molar refractivity (Wildman–Crippen MR) is 109 cm³/mol. The topological polar surface area (TPSA) is 75.6 Å². The van der Waals surface area contributed by atoms with E-state index in [2.05, 4.69) is 15.2 Å². The van der Waals surface area contributed by atoms with Crippen LogP contribution in [0, 0.1) is 0 Å². The second-order valence-electron chi connectivity index (χ2n) is 6.40. The zero-order valence-electron chi connectivity index (χ0n) is 17.1. The van der Waals surface area contributed by atoms with Crippen molar-refractivity contribution in [3.8, 4) is 5.75 Å². The Bertz CT molecular complexity index is 613. The van der Waals surface area contributed by atoms with Gasteiger partial charge in [0.25, 0.3) is 0 Å². The van der Waals surface area contributed by atoms with E-state index in [9.17, 15) is 4.79 Å². The van der Waals surface area contributed by atoms with Crippen LogP contribution in [0.2, 0.25) is 0 Å². The minimum Gasteiger partial charge on any atom is -0.497 e. The van der Waals surface area contributed by atoms with Gasteiger partial charge in [-0.1, -0.05) is 12.1 Å². The van der Waals surface area contributed by atoms with Crippen LogP contribution in [0.25, 0.3) is 0 Å². The maximum Gasteiger partial charge on any atom is 0.409 e. The van der Waals surface area contributed by atoms with E-state index < -0.39 is 0 Å². The number of hydrogen-bond donors (Lipinski definition) is 1. The van der Waals surface area contributed by atoms with E-state index in [0.717, 1.165) is 43.3 Å². The van der Waals surface area contributed by atoms with Gasteiger partial charge < -0.3 is 29.3 Å². The molecule has 28 heavy (non-hydrogen) atoms. The molecule has 1 fully saturated rings. The fourth-order valence-electron chi connectivity index (χ4n) is 2.93. The third-order valence-corrected chi connectivity index (χ3v) is 4.49. The molecule has 0 atom stereocenters. The van der Waals surface area contributed by atoms with Gasteiger partial charge in [-0.3, -0.25) is 4.99 Å². The van der Waals surface area contributed by atoms with Gasteiger partial charge in [0.15, 0.2) is 5.96 Å². The van der Waals surface area contributed by atoms with Crippen LogP contribution in [0.1, 0.15) is 18.9 Å². The molecule has 1 aliphatic heterocycles. The summed E-state index contributed by atoms with van der Waals surface area (Å²) in [5, 5.41) is 3.37. The summed E-state index contributed by atoms with van der Waals surface area (Å²) in [4.78, 5) is 20.0. The smallest absolute Gasteiger partial charge is 0.409 e. The quantitative estimate of drug-likeness (QED) is 0.414. The van der Waals surface area contributed by atoms with Gasteiger partial charge in [0.1, 0.15) is 5.75 Å². The van der Waals surface area contributed by atoms with E-state index >= 15 is 0 Å². The molecule has 0 radical (unpaired) electrons. The number of piperazine rings is 1. The molecule has 2 rings (SSSR count). The molecule has 0 unspecified atom stereocenters. The fraction of sp³-hybridized carbons (Fsp3) is 0.600. The Labute approximate surface area is 167 Å². The first-order valence-electron chi connectivity index (χ1n) is 9.76. The summed E-state index contributed by atoms with van der Waals surface area (Å²) in [7, 11) is 3.44. The van der Waals surface area contributed by atoms with Crippen molar-refractivity contribution >= 4 is 12.1 Å². The number of benzene rings is 1. The van der Waals surface area contributed by atoms with Gasteiger partial charge >= 0.3 is 6.09 Å². The molecular formula is C20H32N4O4. The lowest BCUT2D eigenvalue weighted by molar-refractivity contribution is 0.0913. The summed E-state index contributed by atoms with van der Waals surface area (Å²) in [5.74, 6) is 1.71. The highest BCUT2D eigenvalue weighted by Gasteiger charge is 2.23. The van der Waals surface area contributed by atoms with Crippen LogP contribution in [-0.2, 0) is 16.1 Å². The SMILES string of the molecule is CCOC(=O)N1CCN(C(=NC)NCCCOCc2ccc(OC)cc2)CC1. The summed E-state index contributed by atoms with van der Waals surface area (Å²) in [6, 6.07) is 7.89. The van der Waals surface area contributed by atoms with Crippen molar-refractivity contribution in [2.24, 2.45) is 4.99 Å². The Balaban J connectivity index is 1.60. The standard InChI is InChI=1S/C20H32N4O4/c1-4-28-20(25)24-13-11-23(12-14-24)19(21-2)22-10-5-15-27-16-17-6-8-18(26-3)9-7-17/h6-9H,4-5,10-16H2,1-3H3,(H,21,22). The Morgan fingerprint density at radius 1 is 1.14 bits per heavy atom. The number of hydrogen-bond acceptors (Lipinski definition) is 5. The predicted octanol–water partition coefficient (Wildman–Crippen LogP) is 1.95. The maximum absolute atomic E-state index is 11.8. The molecule has 8 nitrogen and oxygen atoms in total. The summed E-state index contributed by atoms with van der Waals surface area (Å²) < 4.78 is 15.9. The molecule has 1 aromatic rings. The number of guanidine groups is 1. The molecule has 1 aromatic carbocycles. The Morgan fingerprint density at radius 3 is 2.43 bits per heavy atom. The maximum atomic E-state index is 11.8. The molecular weight excluding hydrogens is 360 g/mol. The highest BCUT2D eigenvalue weighted by atomic mass is 16.6. The van der Waals surface area contributed by atoms with Crippen LogP contribution in [0.4, 0.5) is 4.79 Å². The molecule has 156 valence electrons. The molecule has 1 heterocycles. The van der Waals surface area contributed by atoms with Gasteiger partial charge in [-0.2, -0.15) is 0 Å². The summed E-state index contributed by atoms with van der Waals surface area (Å²) in [5.41, 5.74) is 1.13. The van der Waals surface area contributed by atoms with Crippen molar-refractivity contribution in [3.05, 3.63) is 29.8 Å². The lowest BCUT2D eigenvalue weighted by Crippen LogP contribution is -2.54. The summed E-state index contributed by atoms with van der Waals surface area (Å²) in [6.07, 6.45) is 0.650. The van der Waals surface area contributed by atoms with Crippen molar-refractivity contribution < 1.29 is 19.0 Å². The van der Waals surface area contributed by atoms with Crippen LogP contribution in [0.5, 0.6) is 5.75 Å². The number of nitrogens with one attached hydrogen (secondary N) is 1. The van der Waals surface area contributed by atoms with Crippen molar-refractivity contribution in [1.29, 1.82) is 0 Å². The first-order valence-corrected chi connectivity index (χ1v) is 9.76. The summed E-state index contributed by atoms with van der Waals surface area (Å²) in [6.45, 7) is 7.05. The van der Waals surface area contributed by atoms with E-state index in [1.807, 2.05) is 31.2 Å². The number of nitrogens with zero attached hydrogens (tertiary/aromatic N) is 3. The highest BCUT2D eigenvalue weighted by molar-refractivity contribution is 5.80. The van der Waals surface area contributed by atoms with Crippen LogP contribution < -0.4 is 10.1 Å². The number of carbonyl (C=O) groups is 1. The number of ether oxygens (including phenoxy) is 3. The van der Waals surface area contributed by atoms with E-state index in [0.29, 0.717) is 32.9 Å². The van der Waals surface area contributed by atoms with Crippen LogP contribution in [0.3, 0.4) is 0 Å². The van der Waals surface area contributed by atoms with Crippen molar-refractivity contribution in [2.75, 3.05) is 60.1 Å². The number of methoxy groups -OCH3 is 1. The van der Waals surface area contributed by atoms with E-state index in [1.54, 1.807) is 19.1 Å². The Morgan fingerprint density at radius 2 is 1.82 bits per heavy atom. The second-order valence-corrected chi connectivity index (χ2v) is 6.40. The average molecular weight is 393 g/mol. The van der Waals surface area contributed by atoms with Crippen molar-refractivity contribution in [1.82, 2.24) is 15.1 Å². The zero-order valence-corrected chi connectivity index (χ0v) is 17.1. The minimum absolute atomic E-state index is 0.237. The molecule has 1 N–H and O–H groups in total. The monoisotopic (exact) mass is 392 g/mol. The normalized spacial score (nSPS) is 14.8. The first-order chi connectivity index (χ1) is 13.7. The minimum atomic E-state index is -0.237. The molecule has 8 heteroatoms. The molecule has 0 aliphatic carbocycles. The number of amides is 1. The van der Waals surface area contributed by atoms with Gasteiger partial charge in [0.2, 0.25) is 0 Å². The second kappa shape index (κ2) is 12.1. The third kappa shape index (κ3) is 6.92. The van der Waals surface area contributed by atoms with Crippen molar-refractivity contribution in [3.63, 3.8) is 0 Å². The Kier molecular flexibility index (Phi) is 9.41. The molecule has 0 bridgehead atoms. The van der Waals surface area contributed by atoms with Gasteiger partial charge in [0.05, 0.1) is 20.3 Å². The van der Waals surface area contributed by atoms with E-state index in [-0.39, 0.29) is 6.09 Å².